The van der Waals surface area contributed by atoms with Crippen molar-refractivity contribution in [2.45, 2.75) is 56.2 Å². The number of alkyl halides is 3. The third kappa shape index (κ3) is 11.0. The third-order valence-corrected chi connectivity index (χ3v) is 6.74. The summed E-state index contributed by atoms with van der Waals surface area (Å²) in [4.78, 5) is 62.0. The highest BCUT2D eigenvalue weighted by atomic mass is 19.4. The van der Waals surface area contributed by atoms with Gasteiger partial charge in [0.2, 0.25) is 0 Å². The van der Waals surface area contributed by atoms with Crippen LogP contribution >= 0.6 is 0 Å². The van der Waals surface area contributed by atoms with Gasteiger partial charge in [-0.15, -0.1) is 0 Å². The van der Waals surface area contributed by atoms with E-state index in [-0.39, 0.29) is 31.8 Å². The largest absolute Gasteiger partial charge is 0.542 e. The van der Waals surface area contributed by atoms with E-state index in [9.17, 15) is 42.6 Å². The van der Waals surface area contributed by atoms with Crippen molar-refractivity contribution in [1.82, 2.24) is 14.9 Å². The minimum absolute atomic E-state index is 0.00221. The molecule has 1 aliphatic rings. The number of quaternary nitrogens is 1. The summed E-state index contributed by atoms with van der Waals surface area (Å²) < 4.78 is 43.4. The molecule has 1 fully saturated rings. The number of esters is 1. The van der Waals surface area contributed by atoms with Gasteiger partial charge in [-0.2, -0.15) is 18.2 Å². The number of amides is 2. The number of nitrogens with zero attached hydrogens (tertiary/aromatic N) is 2. The van der Waals surface area contributed by atoms with E-state index in [4.69, 9.17) is 19.4 Å². The van der Waals surface area contributed by atoms with Crippen LogP contribution in [0.5, 0.6) is 0 Å². The van der Waals surface area contributed by atoms with Crippen LogP contribution in [-0.4, -0.2) is 80.6 Å². The summed E-state index contributed by atoms with van der Waals surface area (Å²) in [5.74, 6) is -4.39. The van der Waals surface area contributed by atoms with Crippen molar-refractivity contribution in [3.05, 3.63) is 94.5 Å². The van der Waals surface area contributed by atoms with Gasteiger partial charge in [0.25, 0.3) is 11.8 Å². The number of aliphatic hydroxyl groups is 2. The summed E-state index contributed by atoms with van der Waals surface area (Å²) >= 11 is 0. The highest BCUT2D eigenvalue weighted by Crippen LogP contribution is 2.28. The molecule has 2 heterocycles. The van der Waals surface area contributed by atoms with Crippen LogP contribution in [0.15, 0.2) is 77.7 Å². The zero-order valence-electron chi connectivity index (χ0n) is 25.0. The minimum Gasteiger partial charge on any atom is -0.542 e. The van der Waals surface area contributed by atoms with Gasteiger partial charge in [0.05, 0.1) is 6.42 Å². The van der Waals surface area contributed by atoms with Crippen LogP contribution in [0, 0.1) is 0 Å². The number of nitrogens with one attached hydrogen (secondary N) is 2. The van der Waals surface area contributed by atoms with Gasteiger partial charge in [-0.05, 0) is 23.8 Å². The van der Waals surface area contributed by atoms with E-state index in [1.54, 1.807) is 30.3 Å². The Kier molecular flexibility index (Phi) is 13.3. The summed E-state index contributed by atoms with van der Waals surface area (Å²) in [6.07, 6.45) is -8.99. The zero-order chi connectivity index (χ0) is 35.4. The normalized spacial score (nSPS) is 19.3. The number of carbonyl (C=O) groups is 4. The first kappa shape index (κ1) is 37.3. The molecule has 15 nitrogen and oxygen atoms in total. The molecule has 0 unspecified atom stereocenters. The van der Waals surface area contributed by atoms with Crippen LogP contribution < -0.4 is 27.2 Å². The van der Waals surface area contributed by atoms with Gasteiger partial charge in [-0.1, -0.05) is 48.5 Å². The van der Waals surface area contributed by atoms with Crippen molar-refractivity contribution in [2.24, 2.45) is 0 Å². The predicted octanol–water partition coefficient (Wildman–Crippen LogP) is -1.34. The van der Waals surface area contributed by atoms with E-state index in [0.29, 0.717) is 5.56 Å². The van der Waals surface area contributed by atoms with E-state index in [1.165, 1.54) is 12.3 Å². The average Bonchev–Trinajstić information content (AvgIpc) is 3.34. The van der Waals surface area contributed by atoms with Crippen molar-refractivity contribution < 1.29 is 62.9 Å². The van der Waals surface area contributed by atoms with Crippen molar-refractivity contribution in [1.29, 1.82) is 0 Å². The number of hydrogen-bond acceptors (Lipinski definition) is 11. The Morgan fingerprint density at radius 2 is 1.62 bits per heavy atom. The Morgan fingerprint density at radius 1 is 1.02 bits per heavy atom. The van der Waals surface area contributed by atoms with Crippen molar-refractivity contribution in [3.8, 4) is 0 Å². The summed E-state index contributed by atoms with van der Waals surface area (Å²) in [5, 5.41) is 34.9. The Labute approximate surface area is 270 Å². The lowest BCUT2D eigenvalue weighted by molar-refractivity contribution is -0.405. The molecule has 18 heteroatoms. The molecule has 0 aliphatic carbocycles. The fourth-order valence-corrected chi connectivity index (χ4v) is 4.16. The standard InChI is InChI=1S/C28H31N5O8.C2HF3O2/c29-19(11-12-22(34)40-16-17-7-3-1-4-8-17)26(38)30-15-20-23(35)24(36)27(41-20)33-14-13-21(32-28(33)39)31-25(37)18-9-5-2-6-10-18;3-2(4,5)1(6)7/h1-10,13-14,19-20,23-24,27,35-36H,11-12,15-16,29H2,(H,30,38)(H,31,32,37,39);(H,6,7)/t19-,20+,23+,24+,27+;/m0./s1. The first-order valence-corrected chi connectivity index (χ1v) is 14.2. The second-order valence-electron chi connectivity index (χ2n) is 10.3. The second-order valence-corrected chi connectivity index (χ2v) is 10.3. The van der Waals surface area contributed by atoms with Gasteiger partial charge in [0.15, 0.2) is 12.3 Å². The summed E-state index contributed by atoms with van der Waals surface area (Å²) in [6, 6.07) is 18.2. The van der Waals surface area contributed by atoms with E-state index in [2.05, 4.69) is 21.4 Å². The van der Waals surface area contributed by atoms with E-state index in [0.717, 1.165) is 10.1 Å². The highest BCUT2D eigenvalue weighted by molar-refractivity contribution is 6.03. The molecule has 2 aromatic carbocycles. The number of carbonyl (C=O) groups excluding carboxylic acids is 4. The number of aromatic nitrogens is 2. The molecule has 5 atom stereocenters. The van der Waals surface area contributed by atoms with Gasteiger partial charge < -0.3 is 46.0 Å². The SMILES string of the molecule is O=C([O-])C(F)(F)F.[NH3+][C@@H](CCC(=O)OCc1ccccc1)C(=O)NC[C@H]1O[C@@H](n2ccc(NC(=O)c3ccccc3)nc2=O)[C@H](O)[C@@H]1O. The lowest BCUT2D eigenvalue weighted by Gasteiger charge is -2.17. The van der Waals surface area contributed by atoms with Crippen LogP contribution in [0.1, 0.15) is 35.0 Å². The van der Waals surface area contributed by atoms with Crippen LogP contribution in [-0.2, 0) is 30.5 Å². The van der Waals surface area contributed by atoms with Gasteiger partial charge in [0, 0.05) is 24.7 Å². The van der Waals surface area contributed by atoms with Crippen LogP contribution in [0.3, 0.4) is 0 Å². The number of anilines is 1. The Balaban J connectivity index is 0.000000804. The molecule has 1 aromatic heterocycles. The number of aliphatic hydroxyl groups excluding tert-OH is 2. The molecule has 2 amide bonds. The molecular formula is C30H32F3N5O10. The lowest BCUT2D eigenvalue weighted by Crippen LogP contribution is -2.68. The third-order valence-electron chi connectivity index (χ3n) is 6.74. The number of carboxylic acids is 1. The number of benzene rings is 2. The smallest absolute Gasteiger partial charge is 0.430 e. The Bertz CT molecular complexity index is 1610. The lowest BCUT2D eigenvalue weighted by atomic mass is 10.1. The van der Waals surface area contributed by atoms with Crippen molar-refractivity contribution in [3.63, 3.8) is 0 Å². The monoisotopic (exact) mass is 679 g/mol. The molecule has 0 bridgehead atoms. The van der Waals surface area contributed by atoms with Crippen LogP contribution in [0.2, 0.25) is 0 Å². The summed E-state index contributed by atoms with van der Waals surface area (Å²) in [5.41, 5.74) is 4.18. The Morgan fingerprint density at radius 3 is 2.21 bits per heavy atom. The fourth-order valence-electron chi connectivity index (χ4n) is 4.16. The van der Waals surface area contributed by atoms with Crippen LogP contribution in [0.25, 0.3) is 0 Å². The number of ether oxygens (including phenoxy) is 2. The molecule has 0 saturated carbocycles. The number of hydrogen-bond donors (Lipinski definition) is 5. The van der Waals surface area contributed by atoms with E-state index >= 15 is 0 Å². The fraction of sp³-hybridized carbons (Fsp3) is 0.333. The molecule has 48 heavy (non-hydrogen) atoms. The van der Waals surface area contributed by atoms with Gasteiger partial charge in [-0.25, -0.2) is 4.79 Å². The molecule has 258 valence electrons. The van der Waals surface area contributed by atoms with Crippen molar-refractivity contribution in [2.75, 3.05) is 11.9 Å². The van der Waals surface area contributed by atoms with E-state index < -0.39 is 66.2 Å². The number of halogens is 3. The maximum absolute atomic E-state index is 12.6. The molecular weight excluding hydrogens is 647 g/mol. The maximum Gasteiger partial charge on any atom is 0.430 e. The molecule has 0 radical (unpaired) electrons. The van der Waals surface area contributed by atoms with E-state index in [1.807, 2.05) is 30.3 Å². The molecule has 7 N–H and O–H groups in total. The van der Waals surface area contributed by atoms with Gasteiger partial charge >= 0.3 is 17.8 Å². The highest BCUT2D eigenvalue weighted by Gasteiger charge is 2.44. The van der Waals surface area contributed by atoms with Gasteiger partial charge in [-0.3, -0.25) is 19.0 Å². The second kappa shape index (κ2) is 17.1. The summed E-state index contributed by atoms with van der Waals surface area (Å²) in [7, 11) is 0. The molecule has 0 spiro atoms. The van der Waals surface area contributed by atoms with Crippen LogP contribution in [0.4, 0.5) is 19.0 Å². The molecule has 1 saturated heterocycles. The molecule has 1 aliphatic heterocycles. The Hall–Kier alpha value is -5.17. The van der Waals surface area contributed by atoms with Crippen molar-refractivity contribution >= 4 is 29.6 Å². The molecule has 4 rings (SSSR count). The zero-order valence-corrected chi connectivity index (χ0v) is 25.0. The first-order chi connectivity index (χ1) is 22.7. The minimum atomic E-state index is -5.19. The first-order valence-electron chi connectivity index (χ1n) is 14.2. The quantitative estimate of drug-likeness (QED) is 0.149. The topological polar surface area (TPSA) is 237 Å². The van der Waals surface area contributed by atoms with Gasteiger partial charge in [0.1, 0.15) is 36.7 Å². The average molecular weight is 680 g/mol. The summed E-state index contributed by atoms with van der Waals surface area (Å²) in [6.45, 7) is -0.0385. The predicted molar refractivity (Wildman–Crippen MR) is 155 cm³/mol. The maximum atomic E-state index is 12.6. The molecule has 3 aromatic rings. The number of carboxylic acid groups (broad SMARTS) is 1. The number of aliphatic carboxylic acids is 1. The number of rotatable bonds is 11.